The Hall–Kier alpha value is -3.08. The van der Waals surface area contributed by atoms with E-state index in [4.69, 9.17) is 13.9 Å². The fraction of sp³-hybridized carbons (Fsp3) is 0.568. The molecule has 3 aromatic rings. The normalized spacial score (nSPS) is 13.7. The number of hydrogen-bond acceptors (Lipinski definition) is 5. The maximum atomic E-state index is 13.4. The molecule has 0 radical (unpaired) electrons. The Balaban J connectivity index is 1.83. The first-order chi connectivity index (χ1) is 19.2. The molecule has 0 aliphatic heterocycles. The second kappa shape index (κ2) is 12.3. The van der Waals surface area contributed by atoms with Crippen LogP contribution in [-0.4, -0.2) is 17.2 Å². The first kappa shape index (κ1) is 33.4. The fourth-order valence-corrected chi connectivity index (χ4v) is 6.03. The van der Waals surface area contributed by atoms with E-state index in [1.165, 1.54) is 0 Å². The Kier molecular flexibility index (Phi) is 9.76. The zero-order valence-corrected chi connectivity index (χ0v) is 28.0. The van der Waals surface area contributed by atoms with Gasteiger partial charge in [0.15, 0.2) is 0 Å². The zero-order chi connectivity index (χ0) is 31.7. The summed E-state index contributed by atoms with van der Waals surface area (Å²) in [6, 6.07) is 13.7. The maximum absolute atomic E-state index is 13.4. The molecule has 0 saturated carbocycles. The molecule has 1 unspecified atom stereocenters. The van der Waals surface area contributed by atoms with Gasteiger partial charge in [-0.15, -0.1) is 0 Å². The fourth-order valence-electron chi connectivity index (χ4n) is 6.03. The molecule has 5 heteroatoms. The van der Waals surface area contributed by atoms with Crippen molar-refractivity contribution in [2.45, 2.75) is 120 Å². The van der Waals surface area contributed by atoms with Gasteiger partial charge in [0.25, 0.3) is 0 Å². The summed E-state index contributed by atoms with van der Waals surface area (Å²) in [6.45, 7) is 24.8. The van der Waals surface area contributed by atoms with E-state index in [9.17, 15) is 9.59 Å². The summed E-state index contributed by atoms with van der Waals surface area (Å²) in [6.07, 6.45) is 2.90. The second-order valence-electron chi connectivity index (χ2n) is 15.2. The molecule has 0 aliphatic carbocycles. The number of carbonyl (C=O) groups is 1. The Bertz CT molecular complexity index is 1440. The molecule has 2 aromatic carbocycles. The third-order valence-corrected chi connectivity index (χ3v) is 7.74. The zero-order valence-electron chi connectivity index (χ0n) is 28.0. The van der Waals surface area contributed by atoms with E-state index in [-0.39, 0.29) is 28.3 Å². The molecule has 1 aromatic heterocycles. The lowest BCUT2D eigenvalue weighted by molar-refractivity contribution is -0.170. The number of hydrogen-bond donors (Lipinski definition) is 0. The second-order valence-corrected chi connectivity index (χ2v) is 15.2. The monoisotopic (exact) mass is 576 g/mol. The average Bonchev–Trinajstić information content (AvgIpc) is 2.83. The predicted molar refractivity (Wildman–Crippen MR) is 173 cm³/mol. The summed E-state index contributed by atoms with van der Waals surface area (Å²) in [4.78, 5) is 26.6. The van der Waals surface area contributed by atoms with Gasteiger partial charge in [0, 0.05) is 17.9 Å². The standard InChI is InChI=1S/C37H52O5/c1-13-24-16-15-17-25(14-2)31(24)28-20-26-18-19-27(21-30(26)40-32(28)38)41-36(9,10)23-37(11,12)42-33(39)29(35(6,7)8)22-34(3,4)5/h15-21,29H,13-14,22-23H2,1-12H3. The van der Waals surface area contributed by atoms with Crippen molar-refractivity contribution in [2.75, 3.05) is 0 Å². The molecule has 0 saturated heterocycles. The van der Waals surface area contributed by atoms with Gasteiger partial charge in [-0.2, -0.15) is 0 Å². The van der Waals surface area contributed by atoms with Crippen molar-refractivity contribution in [3.63, 3.8) is 0 Å². The highest BCUT2D eigenvalue weighted by Gasteiger charge is 2.40. The molecule has 0 fully saturated rings. The summed E-state index contributed by atoms with van der Waals surface area (Å²) < 4.78 is 18.4. The molecule has 0 N–H and O–H groups in total. The first-order valence-corrected chi connectivity index (χ1v) is 15.4. The Morgan fingerprint density at radius 2 is 1.43 bits per heavy atom. The van der Waals surface area contributed by atoms with Gasteiger partial charge in [0.1, 0.15) is 22.5 Å². The van der Waals surface area contributed by atoms with Crippen LogP contribution in [0.4, 0.5) is 0 Å². The van der Waals surface area contributed by atoms with Gasteiger partial charge in [0.05, 0.1) is 11.5 Å². The quantitative estimate of drug-likeness (QED) is 0.178. The van der Waals surface area contributed by atoms with Crippen molar-refractivity contribution in [1.82, 2.24) is 0 Å². The Labute approximate surface area is 253 Å². The molecule has 42 heavy (non-hydrogen) atoms. The van der Waals surface area contributed by atoms with Gasteiger partial charge < -0.3 is 13.9 Å². The lowest BCUT2D eigenvalue weighted by Crippen LogP contribution is -2.43. The number of benzene rings is 2. The smallest absolute Gasteiger partial charge is 0.344 e. The van der Waals surface area contributed by atoms with E-state index < -0.39 is 11.2 Å². The number of esters is 1. The van der Waals surface area contributed by atoms with E-state index in [1.807, 2.05) is 52.0 Å². The maximum Gasteiger partial charge on any atom is 0.344 e. The summed E-state index contributed by atoms with van der Waals surface area (Å²) in [7, 11) is 0. The number of carbonyl (C=O) groups excluding carboxylic acids is 1. The lowest BCUT2D eigenvalue weighted by atomic mass is 9.72. The molecule has 230 valence electrons. The summed E-state index contributed by atoms with van der Waals surface area (Å²) in [5, 5.41) is 0.837. The van der Waals surface area contributed by atoms with Crippen molar-refractivity contribution < 1.29 is 18.7 Å². The average molecular weight is 577 g/mol. The van der Waals surface area contributed by atoms with Crippen LogP contribution in [0.3, 0.4) is 0 Å². The van der Waals surface area contributed by atoms with E-state index in [2.05, 4.69) is 67.5 Å². The van der Waals surface area contributed by atoms with Crippen LogP contribution in [0.2, 0.25) is 0 Å². The SMILES string of the molecule is CCc1cccc(CC)c1-c1cc2ccc(OC(C)(C)CC(C)(C)OC(=O)C(CC(C)(C)C)C(C)(C)C)cc2oc1=O. The third-order valence-electron chi connectivity index (χ3n) is 7.74. The minimum absolute atomic E-state index is 0.00697. The van der Waals surface area contributed by atoms with E-state index in [0.717, 1.165) is 41.3 Å². The van der Waals surface area contributed by atoms with Crippen molar-refractivity contribution in [1.29, 1.82) is 0 Å². The largest absolute Gasteiger partial charge is 0.488 e. The minimum Gasteiger partial charge on any atom is -0.488 e. The van der Waals surface area contributed by atoms with Gasteiger partial charge in [-0.3, -0.25) is 4.79 Å². The predicted octanol–water partition coefficient (Wildman–Crippen LogP) is 9.55. The van der Waals surface area contributed by atoms with Crippen LogP contribution >= 0.6 is 0 Å². The van der Waals surface area contributed by atoms with Gasteiger partial charge >= 0.3 is 11.6 Å². The lowest BCUT2D eigenvalue weighted by Gasteiger charge is -2.39. The molecule has 0 bridgehead atoms. The number of rotatable bonds is 10. The van der Waals surface area contributed by atoms with Crippen LogP contribution in [0, 0.1) is 16.7 Å². The molecule has 1 heterocycles. The highest BCUT2D eigenvalue weighted by Crippen LogP contribution is 2.39. The molecular weight excluding hydrogens is 524 g/mol. The van der Waals surface area contributed by atoms with Gasteiger partial charge in [0.2, 0.25) is 0 Å². The molecule has 0 aliphatic rings. The van der Waals surface area contributed by atoms with E-state index in [0.29, 0.717) is 23.3 Å². The summed E-state index contributed by atoms with van der Waals surface area (Å²) >= 11 is 0. The highest BCUT2D eigenvalue weighted by molar-refractivity contribution is 5.84. The van der Waals surface area contributed by atoms with Crippen molar-refractivity contribution in [2.24, 2.45) is 16.7 Å². The summed E-state index contributed by atoms with van der Waals surface area (Å²) in [5.41, 5.74) is 2.36. The van der Waals surface area contributed by atoms with E-state index in [1.54, 1.807) is 6.07 Å². The first-order valence-electron chi connectivity index (χ1n) is 15.4. The van der Waals surface area contributed by atoms with E-state index >= 15 is 0 Å². The molecule has 0 amide bonds. The van der Waals surface area contributed by atoms with Crippen LogP contribution in [0.5, 0.6) is 5.75 Å². The third kappa shape index (κ3) is 8.49. The van der Waals surface area contributed by atoms with Gasteiger partial charge in [-0.05, 0) is 92.7 Å². The molecule has 0 spiro atoms. The van der Waals surface area contributed by atoms with Crippen molar-refractivity contribution in [3.8, 4) is 16.9 Å². The van der Waals surface area contributed by atoms with Gasteiger partial charge in [-0.25, -0.2) is 4.79 Å². The summed E-state index contributed by atoms with van der Waals surface area (Å²) in [5.74, 6) is 0.207. The van der Waals surface area contributed by atoms with Crippen molar-refractivity contribution in [3.05, 3.63) is 64.0 Å². The van der Waals surface area contributed by atoms with Crippen LogP contribution < -0.4 is 10.4 Å². The highest BCUT2D eigenvalue weighted by atomic mass is 16.6. The van der Waals surface area contributed by atoms with Crippen LogP contribution in [0.15, 0.2) is 51.7 Å². The minimum atomic E-state index is -0.746. The molecule has 1 atom stereocenters. The number of aryl methyl sites for hydroxylation is 2. The molecule has 3 rings (SSSR count). The number of fused-ring (bicyclic) bond motifs is 1. The van der Waals surface area contributed by atoms with Crippen LogP contribution in [0.1, 0.15) is 107 Å². The number of ether oxygens (including phenoxy) is 2. The van der Waals surface area contributed by atoms with Crippen LogP contribution in [-0.2, 0) is 22.4 Å². The topological polar surface area (TPSA) is 65.7 Å². The molecular formula is C37H52O5. The van der Waals surface area contributed by atoms with Crippen molar-refractivity contribution >= 4 is 16.9 Å². The Morgan fingerprint density at radius 1 is 0.833 bits per heavy atom. The molecule has 5 nitrogen and oxygen atoms in total. The van der Waals surface area contributed by atoms with Gasteiger partial charge in [-0.1, -0.05) is 73.6 Å². The van der Waals surface area contributed by atoms with Crippen LogP contribution in [0.25, 0.3) is 22.1 Å². The Morgan fingerprint density at radius 3 is 1.95 bits per heavy atom.